The maximum absolute atomic E-state index is 13.4. The molecule has 8 nitrogen and oxygen atoms in total. The van der Waals surface area contributed by atoms with Gasteiger partial charge in [-0.15, -0.1) is 0 Å². The van der Waals surface area contributed by atoms with Crippen LogP contribution in [0.4, 0.5) is 0 Å². The summed E-state index contributed by atoms with van der Waals surface area (Å²) >= 11 is 0. The average Bonchev–Trinajstić information content (AvgIpc) is 3.29. The molecule has 3 fully saturated rings. The maximum atomic E-state index is 13.4. The van der Waals surface area contributed by atoms with Crippen molar-refractivity contribution in [3.05, 3.63) is 0 Å². The summed E-state index contributed by atoms with van der Waals surface area (Å²) in [5, 5.41) is 11.9. The van der Waals surface area contributed by atoms with E-state index in [9.17, 15) is 14.4 Å². The first-order valence-electron chi connectivity index (χ1n) is 10.9. The molecule has 0 radical (unpaired) electrons. The van der Waals surface area contributed by atoms with Crippen molar-refractivity contribution in [1.82, 2.24) is 10.2 Å². The van der Waals surface area contributed by atoms with Crippen LogP contribution < -0.4 is 5.32 Å². The second-order valence-electron chi connectivity index (χ2n) is 8.64. The summed E-state index contributed by atoms with van der Waals surface area (Å²) in [7, 11) is 0. The number of nitrogens with one attached hydrogen (secondary N) is 1. The molecule has 3 saturated heterocycles. The first kappa shape index (κ1) is 22.0. The van der Waals surface area contributed by atoms with Gasteiger partial charge in [0.15, 0.2) is 0 Å². The fraction of sp³-hybridized carbons (Fsp3) is 0.857. The largest absolute Gasteiger partial charge is 0.466 e. The maximum Gasteiger partial charge on any atom is 0.312 e. The van der Waals surface area contributed by atoms with E-state index in [-0.39, 0.29) is 37.2 Å². The molecule has 3 aliphatic rings. The van der Waals surface area contributed by atoms with Gasteiger partial charge in [-0.2, -0.15) is 0 Å². The number of likely N-dealkylation sites (tertiary alicyclic amines) is 1. The number of aliphatic hydroxyl groups is 1. The minimum absolute atomic E-state index is 0.0566. The highest BCUT2D eigenvalue weighted by molar-refractivity contribution is 5.98. The molecule has 2 unspecified atom stereocenters. The van der Waals surface area contributed by atoms with Crippen LogP contribution in [0.2, 0.25) is 0 Å². The van der Waals surface area contributed by atoms with Crippen molar-refractivity contribution in [2.75, 3.05) is 19.8 Å². The lowest BCUT2D eigenvalue weighted by Crippen LogP contribution is -2.56. The Bertz CT molecular complexity index is 639. The number of ether oxygens (including phenoxy) is 2. The molecular weight excluding hydrogens is 376 g/mol. The van der Waals surface area contributed by atoms with E-state index >= 15 is 0 Å². The third-order valence-electron chi connectivity index (χ3n) is 6.35. The normalized spacial score (nSPS) is 32.7. The Kier molecular flexibility index (Phi) is 6.83. The topological polar surface area (TPSA) is 105 Å². The van der Waals surface area contributed by atoms with Crippen LogP contribution in [0.15, 0.2) is 0 Å². The lowest BCUT2D eigenvalue weighted by Gasteiger charge is -2.33. The van der Waals surface area contributed by atoms with Crippen molar-refractivity contribution < 1.29 is 29.0 Å². The number of hydrogen-bond donors (Lipinski definition) is 2. The number of unbranched alkanes of at least 4 members (excludes halogenated alkanes) is 3. The molecule has 0 aromatic rings. The third-order valence-corrected chi connectivity index (χ3v) is 6.35. The van der Waals surface area contributed by atoms with Crippen LogP contribution in [-0.2, 0) is 23.9 Å². The Morgan fingerprint density at radius 3 is 2.69 bits per heavy atom. The quantitative estimate of drug-likeness (QED) is 0.411. The van der Waals surface area contributed by atoms with Crippen molar-refractivity contribution in [2.45, 2.75) is 83.1 Å². The second kappa shape index (κ2) is 9.00. The highest BCUT2D eigenvalue weighted by atomic mass is 16.6. The molecule has 0 saturated carbocycles. The molecule has 1 spiro atoms. The first-order chi connectivity index (χ1) is 13.9. The van der Waals surface area contributed by atoms with Gasteiger partial charge in [-0.25, -0.2) is 0 Å². The van der Waals surface area contributed by atoms with E-state index in [0.717, 1.165) is 25.7 Å². The van der Waals surface area contributed by atoms with Gasteiger partial charge in [0.05, 0.1) is 24.5 Å². The van der Waals surface area contributed by atoms with Crippen molar-refractivity contribution in [1.29, 1.82) is 0 Å². The van der Waals surface area contributed by atoms with E-state index in [1.807, 2.05) is 13.8 Å². The number of esters is 1. The second-order valence-corrected chi connectivity index (χ2v) is 8.64. The van der Waals surface area contributed by atoms with E-state index in [1.54, 1.807) is 11.8 Å². The van der Waals surface area contributed by atoms with E-state index in [0.29, 0.717) is 19.4 Å². The first-order valence-corrected chi connectivity index (χ1v) is 10.9. The van der Waals surface area contributed by atoms with Gasteiger partial charge in [-0.05, 0) is 46.5 Å². The molecular formula is C21H34N2O6. The van der Waals surface area contributed by atoms with Crippen molar-refractivity contribution >= 4 is 17.8 Å². The van der Waals surface area contributed by atoms with Gasteiger partial charge < -0.3 is 24.8 Å². The molecule has 0 aromatic carbocycles. The van der Waals surface area contributed by atoms with Gasteiger partial charge in [0.25, 0.3) is 0 Å². The lowest BCUT2D eigenvalue weighted by atomic mass is 9.70. The molecule has 3 aliphatic heterocycles. The fourth-order valence-corrected chi connectivity index (χ4v) is 5.31. The average molecular weight is 411 g/mol. The zero-order valence-corrected chi connectivity index (χ0v) is 17.7. The summed E-state index contributed by atoms with van der Waals surface area (Å²) in [6, 6.07) is -0.774. The molecule has 29 heavy (non-hydrogen) atoms. The molecule has 3 rings (SSSR count). The fourth-order valence-electron chi connectivity index (χ4n) is 5.31. The summed E-state index contributed by atoms with van der Waals surface area (Å²) < 4.78 is 11.5. The Hall–Kier alpha value is -1.67. The van der Waals surface area contributed by atoms with Gasteiger partial charge in [-0.1, -0.05) is 12.8 Å². The van der Waals surface area contributed by atoms with E-state index < -0.39 is 29.4 Å². The number of aliphatic hydroxyl groups excluding tert-OH is 1. The Morgan fingerprint density at radius 2 is 2.03 bits per heavy atom. The zero-order chi connectivity index (χ0) is 21.2. The number of nitrogens with zero attached hydrogens (tertiary/aromatic N) is 1. The molecule has 0 aromatic heterocycles. The standard InChI is InChI=1S/C21H34N2O6/c1-4-28-20(27)15-14-9-10-21(29-14)16(15)19(26)23(11-7-5-6-8-12-24)17(21)18(25)22-13(2)3/h13-17,24H,4-12H2,1-3H3,(H,22,25)/t14-,15+,16+,17?,21?/m1/s1. The number of rotatable bonds is 10. The predicted molar refractivity (Wildman–Crippen MR) is 105 cm³/mol. The number of hydrogen-bond acceptors (Lipinski definition) is 6. The van der Waals surface area contributed by atoms with Crippen LogP contribution in [-0.4, -0.2) is 71.3 Å². The minimum atomic E-state index is -0.941. The Morgan fingerprint density at radius 1 is 1.31 bits per heavy atom. The number of amides is 2. The number of carbonyl (C=O) groups is 3. The van der Waals surface area contributed by atoms with Gasteiger partial charge in [0.1, 0.15) is 11.6 Å². The Balaban J connectivity index is 1.85. The SMILES string of the molecule is CCOC(=O)[C@@H]1[C@H]2C(=O)N(CCCCCCO)C(C(=O)NC(C)C)C23CC[C@H]1O3. The summed E-state index contributed by atoms with van der Waals surface area (Å²) in [6.45, 7) is 6.37. The van der Waals surface area contributed by atoms with Crippen LogP contribution in [0, 0.1) is 11.8 Å². The van der Waals surface area contributed by atoms with Crippen LogP contribution in [0.3, 0.4) is 0 Å². The molecule has 8 heteroatoms. The summed E-state index contributed by atoms with van der Waals surface area (Å²) in [4.78, 5) is 40.8. The van der Waals surface area contributed by atoms with Crippen LogP contribution in [0.5, 0.6) is 0 Å². The van der Waals surface area contributed by atoms with Gasteiger partial charge >= 0.3 is 5.97 Å². The highest BCUT2D eigenvalue weighted by Crippen LogP contribution is 2.58. The van der Waals surface area contributed by atoms with Gasteiger partial charge in [0, 0.05) is 19.2 Å². The van der Waals surface area contributed by atoms with Crippen molar-refractivity contribution in [3.8, 4) is 0 Å². The molecule has 2 bridgehead atoms. The van der Waals surface area contributed by atoms with E-state index in [1.165, 1.54) is 0 Å². The monoisotopic (exact) mass is 410 g/mol. The summed E-state index contributed by atoms with van der Waals surface area (Å²) in [6.07, 6.45) is 4.11. The van der Waals surface area contributed by atoms with E-state index in [2.05, 4.69) is 5.32 Å². The molecule has 164 valence electrons. The molecule has 2 amide bonds. The van der Waals surface area contributed by atoms with Crippen LogP contribution in [0.25, 0.3) is 0 Å². The summed E-state index contributed by atoms with van der Waals surface area (Å²) in [5.74, 6) is -2.07. The predicted octanol–water partition coefficient (Wildman–Crippen LogP) is 1.00. The Labute approximate surface area is 172 Å². The molecule has 5 atom stereocenters. The van der Waals surface area contributed by atoms with E-state index in [4.69, 9.17) is 14.6 Å². The zero-order valence-electron chi connectivity index (χ0n) is 17.7. The highest BCUT2D eigenvalue weighted by Gasteiger charge is 2.74. The lowest BCUT2D eigenvalue weighted by molar-refractivity contribution is -0.154. The molecule has 0 aliphatic carbocycles. The number of fused-ring (bicyclic) bond motifs is 1. The minimum Gasteiger partial charge on any atom is -0.466 e. The molecule has 3 heterocycles. The van der Waals surface area contributed by atoms with Crippen LogP contribution in [0.1, 0.15) is 59.3 Å². The summed E-state index contributed by atoms with van der Waals surface area (Å²) in [5.41, 5.74) is -0.941. The van der Waals surface area contributed by atoms with Gasteiger partial charge in [0.2, 0.25) is 11.8 Å². The number of carbonyl (C=O) groups excluding carboxylic acids is 3. The smallest absolute Gasteiger partial charge is 0.312 e. The van der Waals surface area contributed by atoms with Crippen LogP contribution >= 0.6 is 0 Å². The van der Waals surface area contributed by atoms with Crippen molar-refractivity contribution in [3.63, 3.8) is 0 Å². The third kappa shape index (κ3) is 3.89. The van der Waals surface area contributed by atoms with Gasteiger partial charge in [-0.3, -0.25) is 14.4 Å². The molecule has 2 N–H and O–H groups in total. The van der Waals surface area contributed by atoms with Crippen molar-refractivity contribution in [2.24, 2.45) is 11.8 Å².